The molecule has 2 heterocycles. The zero-order valence-corrected chi connectivity index (χ0v) is 13.6. The van der Waals surface area contributed by atoms with Crippen LogP contribution in [-0.2, 0) is 9.59 Å². The molecule has 1 saturated heterocycles. The molecule has 134 valence electrons. The molecule has 9 heteroatoms. The molecule has 0 aliphatic carbocycles. The number of nitrogens with zero attached hydrogens (tertiary/aromatic N) is 2. The Labute approximate surface area is 143 Å². The molecule has 0 radical (unpaired) electrons. The minimum Gasteiger partial charge on any atom is -0.481 e. The summed E-state index contributed by atoms with van der Waals surface area (Å²) in [6, 6.07) is 5.52. The molecule has 0 saturated carbocycles. The molecule has 1 aromatic heterocycles. The van der Waals surface area contributed by atoms with Gasteiger partial charge >= 0.3 is 11.7 Å². The maximum absolute atomic E-state index is 11.4. The van der Waals surface area contributed by atoms with Gasteiger partial charge in [-0.2, -0.15) is 0 Å². The molecule has 2 aromatic rings. The van der Waals surface area contributed by atoms with E-state index in [2.05, 4.69) is 9.88 Å². The second-order valence-electron chi connectivity index (χ2n) is 6.16. The highest BCUT2D eigenvalue weighted by molar-refractivity contribution is 5.86. The number of aromatic nitrogens is 1. The average Bonchev–Trinajstić information content (AvgIpc) is 2.94. The lowest BCUT2D eigenvalue weighted by molar-refractivity contribution is -0.144. The molecule has 1 aliphatic rings. The van der Waals surface area contributed by atoms with Gasteiger partial charge in [-0.1, -0.05) is 6.07 Å². The van der Waals surface area contributed by atoms with Gasteiger partial charge in [0.2, 0.25) is 5.91 Å². The largest absolute Gasteiger partial charge is 0.481 e. The van der Waals surface area contributed by atoms with Crippen LogP contribution >= 0.6 is 0 Å². The number of oxazole rings is 1. The first-order valence-electron chi connectivity index (χ1n) is 8.04. The molecule has 1 unspecified atom stereocenters. The predicted molar refractivity (Wildman–Crippen MR) is 90.4 cm³/mol. The van der Waals surface area contributed by atoms with Crippen LogP contribution in [0.3, 0.4) is 0 Å². The zero-order chi connectivity index (χ0) is 18.0. The van der Waals surface area contributed by atoms with Crippen LogP contribution in [0.15, 0.2) is 27.4 Å². The fourth-order valence-electron chi connectivity index (χ4n) is 3.16. The van der Waals surface area contributed by atoms with Crippen LogP contribution in [0, 0.1) is 5.92 Å². The molecule has 4 N–H and O–H groups in total. The van der Waals surface area contributed by atoms with E-state index in [0.717, 1.165) is 5.69 Å². The van der Waals surface area contributed by atoms with E-state index in [0.29, 0.717) is 37.3 Å². The van der Waals surface area contributed by atoms with Crippen molar-refractivity contribution in [3.63, 3.8) is 0 Å². The average molecular weight is 348 g/mol. The molecule has 0 bridgehead atoms. The Kier molecular flexibility index (Phi) is 4.75. The normalized spacial score (nSPS) is 16.9. The number of hydrogen-bond donors (Lipinski definition) is 3. The summed E-state index contributed by atoms with van der Waals surface area (Å²) >= 11 is 0. The summed E-state index contributed by atoms with van der Waals surface area (Å²) in [7, 11) is 0. The predicted octanol–water partition coefficient (Wildman–Crippen LogP) is -0.181. The molecule has 1 amide bonds. The summed E-state index contributed by atoms with van der Waals surface area (Å²) in [6.07, 6.45) is -0.163. The van der Waals surface area contributed by atoms with Crippen molar-refractivity contribution in [2.75, 3.05) is 37.6 Å². The number of carbonyl (C=O) groups excluding carboxylic acids is 1. The van der Waals surface area contributed by atoms with Gasteiger partial charge in [0, 0.05) is 39.1 Å². The second-order valence-corrected chi connectivity index (χ2v) is 6.16. The van der Waals surface area contributed by atoms with Crippen molar-refractivity contribution in [3.8, 4) is 0 Å². The number of anilines is 1. The molecule has 1 atom stereocenters. The van der Waals surface area contributed by atoms with Crippen LogP contribution in [-0.4, -0.2) is 59.6 Å². The third-order valence-corrected chi connectivity index (χ3v) is 4.41. The third-order valence-electron chi connectivity index (χ3n) is 4.41. The number of carbonyl (C=O) groups is 2. The van der Waals surface area contributed by atoms with Gasteiger partial charge in [-0.25, -0.2) is 4.79 Å². The van der Waals surface area contributed by atoms with Crippen molar-refractivity contribution in [2.45, 2.75) is 6.42 Å². The summed E-state index contributed by atoms with van der Waals surface area (Å²) in [4.78, 5) is 40.4. The van der Waals surface area contributed by atoms with Crippen molar-refractivity contribution in [1.29, 1.82) is 0 Å². The number of piperazine rings is 1. The fourth-order valence-corrected chi connectivity index (χ4v) is 3.16. The number of nitrogens with two attached hydrogens (primary N) is 1. The minimum atomic E-state index is -1.01. The van der Waals surface area contributed by atoms with Gasteiger partial charge in [-0.3, -0.25) is 19.5 Å². The number of amides is 1. The molecule has 1 aromatic carbocycles. The third kappa shape index (κ3) is 3.82. The number of primary amides is 1. The number of benzene rings is 1. The van der Waals surface area contributed by atoms with Crippen molar-refractivity contribution in [1.82, 2.24) is 9.88 Å². The zero-order valence-electron chi connectivity index (χ0n) is 13.6. The van der Waals surface area contributed by atoms with E-state index in [4.69, 9.17) is 10.2 Å². The van der Waals surface area contributed by atoms with Crippen LogP contribution in [0.4, 0.5) is 5.69 Å². The molecule has 25 heavy (non-hydrogen) atoms. The monoisotopic (exact) mass is 348 g/mol. The highest BCUT2D eigenvalue weighted by atomic mass is 16.4. The van der Waals surface area contributed by atoms with Crippen LogP contribution in [0.1, 0.15) is 6.42 Å². The molecule has 1 fully saturated rings. The second kappa shape index (κ2) is 6.98. The van der Waals surface area contributed by atoms with E-state index in [-0.39, 0.29) is 13.0 Å². The van der Waals surface area contributed by atoms with Gasteiger partial charge in [0.05, 0.1) is 17.1 Å². The van der Waals surface area contributed by atoms with Crippen LogP contribution in [0.2, 0.25) is 0 Å². The number of hydrogen-bond acceptors (Lipinski definition) is 6. The molecule has 3 rings (SSSR count). The Morgan fingerprint density at radius 2 is 2.00 bits per heavy atom. The molecular formula is C16H20N4O5. The van der Waals surface area contributed by atoms with E-state index >= 15 is 0 Å². The standard InChI is InChI=1S/C16H20N4O5/c17-13(21)8-10(15(22)23)9-19-4-6-20(7-5-19)12-3-1-2-11-14(12)25-16(24)18-11/h1-3,10H,4-9H2,(H2,17,21)(H,18,24)(H,22,23). The lowest BCUT2D eigenvalue weighted by Crippen LogP contribution is -2.49. The number of para-hydroxylation sites is 1. The van der Waals surface area contributed by atoms with Crippen molar-refractivity contribution >= 4 is 28.7 Å². The quantitative estimate of drug-likeness (QED) is 0.659. The lowest BCUT2D eigenvalue weighted by atomic mass is 10.0. The first-order valence-corrected chi connectivity index (χ1v) is 8.04. The van der Waals surface area contributed by atoms with Gasteiger partial charge in [-0.15, -0.1) is 0 Å². The van der Waals surface area contributed by atoms with Gasteiger partial charge in [-0.05, 0) is 12.1 Å². The Balaban J connectivity index is 1.66. The number of carboxylic acid groups (broad SMARTS) is 1. The topological polar surface area (TPSA) is 133 Å². The van der Waals surface area contributed by atoms with Crippen LogP contribution in [0.5, 0.6) is 0 Å². The first kappa shape index (κ1) is 17.0. The van der Waals surface area contributed by atoms with E-state index in [1.54, 1.807) is 6.07 Å². The van der Waals surface area contributed by atoms with Crippen molar-refractivity contribution in [3.05, 3.63) is 28.7 Å². The number of carboxylic acids is 1. The Morgan fingerprint density at radius 1 is 1.28 bits per heavy atom. The number of fused-ring (bicyclic) bond motifs is 1. The van der Waals surface area contributed by atoms with E-state index in [1.165, 1.54) is 0 Å². The smallest absolute Gasteiger partial charge is 0.417 e. The molecular weight excluding hydrogens is 328 g/mol. The van der Waals surface area contributed by atoms with E-state index in [1.807, 2.05) is 17.0 Å². The SMILES string of the molecule is NC(=O)CC(CN1CCN(c2cccc3[nH]c(=O)oc23)CC1)C(=O)O. The Hall–Kier alpha value is -2.81. The summed E-state index contributed by atoms with van der Waals surface area (Å²) in [6.45, 7) is 2.91. The van der Waals surface area contributed by atoms with Gasteiger partial charge in [0.15, 0.2) is 5.58 Å². The number of aliphatic carboxylic acids is 1. The van der Waals surface area contributed by atoms with Gasteiger partial charge in [0.25, 0.3) is 0 Å². The van der Waals surface area contributed by atoms with E-state index in [9.17, 15) is 19.5 Å². The highest BCUT2D eigenvalue weighted by Crippen LogP contribution is 2.26. The number of rotatable bonds is 6. The fraction of sp³-hybridized carbons (Fsp3) is 0.438. The van der Waals surface area contributed by atoms with Crippen LogP contribution in [0.25, 0.3) is 11.1 Å². The summed E-state index contributed by atoms with van der Waals surface area (Å²) in [5.41, 5.74) is 7.13. The Morgan fingerprint density at radius 3 is 2.64 bits per heavy atom. The van der Waals surface area contributed by atoms with Crippen molar-refractivity contribution < 1.29 is 19.1 Å². The van der Waals surface area contributed by atoms with Gasteiger partial charge < -0.3 is 20.2 Å². The lowest BCUT2D eigenvalue weighted by Gasteiger charge is -2.36. The highest BCUT2D eigenvalue weighted by Gasteiger charge is 2.26. The number of nitrogens with one attached hydrogen (secondary N) is 1. The maximum atomic E-state index is 11.4. The minimum absolute atomic E-state index is 0.163. The van der Waals surface area contributed by atoms with Crippen molar-refractivity contribution in [2.24, 2.45) is 11.7 Å². The Bertz CT molecular complexity index is 834. The summed E-state index contributed by atoms with van der Waals surface area (Å²) in [5, 5.41) is 9.21. The number of H-pyrrole nitrogens is 1. The maximum Gasteiger partial charge on any atom is 0.417 e. The van der Waals surface area contributed by atoms with E-state index < -0.39 is 23.6 Å². The molecule has 9 nitrogen and oxygen atoms in total. The molecule has 0 spiro atoms. The van der Waals surface area contributed by atoms with Gasteiger partial charge in [0.1, 0.15) is 0 Å². The first-order chi connectivity index (χ1) is 11.9. The van der Waals surface area contributed by atoms with Crippen LogP contribution < -0.4 is 16.4 Å². The summed E-state index contributed by atoms with van der Waals surface area (Å²) < 4.78 is 5.22. The molecule has 1 aliphatic heterocycles. The summed E-state index contributed by atoms with van der Waals surface area (Å²) in [5.74, 6) is -2.91. The number of aromatic amines is 1.